The molecule has 0 radical (unpaired) electrons. The minimum absolute atomic E-state index is 0.0734. The van der Waals surface area contributed by atoms with Crippen LogP contribution in [0.4, 0.5) is 11.4 Å². The highest BCUT2D eigenvalue weighted by Gasteiger charge is 2.46. The van der Waals surface area contributed by atoms with E-state index in [2.05, 4.69) is 41.7 Å². The molecule has 0 bridgehead atoms. The molecule has 4 aromatic rings. The molecule has 1 N–H and O–H groups in total. The second kappa shape index (κ2) is 12.3. The van der Waals surface area contributed by atoms with Gasteiger partial charge in [0.15, 0.2) is 0 Å². The Bertz CT molecular complexity index is 1320. The first-order chi connectivity index (χ1) is 18.4. The lowest BCUT2D eigenvalue weighted by Gasteiger charge is -2.28. The van der Waals surface area contributed by atoms with Gasteiger partial charge in [-0.3, -0.25) is 19.7 Å². The number of carbonyl (C=O) groups excluding carboxylic acids is 2. The van der Waals surface area contributed by atoms with Gasteiger partial charge in [-0.2, -0.15) is 0 Å². The van der Waals surface area contributed by atoms with Crippen LogP contribution in [0.15, 0.2) is 109 Å². The fourth-order valence-electron chi connectivity index (χ4n) is 4.51. The van der Waals surface area contributed by atoms with Crippen LogP contribution in [-0.2, 0) is 20.5 Å². The molecule has 0 saturated heterocycles. The van der Waals surface area contributed by atoms with Crippen LogP contribution in [0.2, 0.25) is 0 Å². The van der Waals surface area contributed by atoms with Crippen molar-refractivity contribution in [3.05, 3.63) is 125 Å². The molecule has 0 aromatic heterocycles. The monoisotopic (exact) mass is 527 g/mol. The van der Waals surface area contributed by atoms with Gasteiger partial charge in [-0.1, -0.05) is 54.6 Å². The molecule has 0 unspecified atom stereocenters. The van der Waals surface area contributed by atoms with Crippen molar-refractivity contribution in [3.63, 3.8) is 0 Å². The lowest BCUT2D eigenvalue weighted by atomic mass is 10.1. The van der Waals surface area contributed by atoms with Crippen LogP contribution in [0.3, 0.4) is 0 Å². The van der Waals surface area contributed by atoms with E-state index in [1.165, 1.54) is 18.2 Å². The maximum absolute atomic E-state index is 12.7. The minimum Gasteiger partial charge on any atom is -0.466 e. The van der Waals surface area contributed by atoms with Gasteiger partial charge in [0.2, 0.25) is 5.91 Å². The van der Waals surface area contributed by atoms with Crippen LogP contribution in [0.25, 0.3) is 0 Å². The fraction of sp³-hybridized carbons (Fsp3) is 0.133. The Kier molecular flexibility index (Phi) is 8.62. The van der Waals surface area contributed by atoms with Crippen LogP contribution in [0.5, 0.6) is 0 Å². The maximum Gasteiger partial charge on any atom is 0.315 e. The lowest BCUT2D eigenvalue weighted by molar-refractivity contribution is -0.384. The Morgan fingerprint density at radius 1 is 0.816 bits per heavy atom. The number of non-ortho nitro benzene ring substituents is 1. The number of rotatable bonds is 10. The number of nitro groups is 1. The van der Waals surface area contributed by atoms with Crippen molar-refractivity contribution in [3.8, 4) is 0 Å². The molecule has 0 aliphatic heterocycles. The third kappa shape index (κ3) is 5.96. The van der Waals surface area contributed by atoms with E-state index in [4.69, 9.17) is 4.74 Å². The van der Waals surface area contributed by atoms with Gasteiger partial charge in [0.1, 0.15) is 35.8 Å². The van der Waals surface area contributed by atoms with E-state index in [0.29, 0.717) is 17.4 Å². The average Bonchev–Trinajstić information content (AvgIpc) is 2.94. The molecule has 192 valence electrons. The number of benzene rings is 4. The summed E-state index contributed by atoms with van der Waals surface area (Å²) in [5.74, 6) is -1.17. The first-order valence-corrected chi connectivity index (χ1v) is 14.2. The Balaban J connectivity index is 1.90. The van der Waals surface area contributed by atoms with Crippen molar-refractivity contribution in [1.82, 2.24) is 0 Å². The van der Waals surface area contributed by atoms with E-state index in [9.17, 15) is 19.7 Å². The van der Waals surface area contributed by atoms with Crippen molar-refractivity contribution in [1.29, 1.82) is 0 Å². The number of esters is 1. The van der Waals surface area contributed by atoms with Gasteiger partial charge in [-0.05, 0) is 49.4 Å². The number of hydrogen-bond acceptors (Lipinski definition) is 5. The smallest absolute Gasteiger partial charge is 0.315 e. The minimum atomic E-state index is -2.40. The molecule has 0 fully saturated rings. The second-order valence-electron chi connectivity index (χ2n) is 8.60. The number of hydrogen-bond donors (Lipinski definition) is 1. The van der Waals surface area contributed by atoms with Gasteiger partial charge in [-0.15, -0.1) is 0 Å². The Morgan fingerprint density at radius 2 is 1.32 bits per heavy atom. The second-order valence-corrected chi connectivity index (χ2v) is 12.1. The summed E-state index contributed by atoms with van der Waals surface area (Å²) in [7, 11) is -2.40. The van der Waals surface area contributed by atoms with Crippen molar-refractivity contribution >= 4 is 46.4 Å². The molecule has 8 heteroatoms. The number of ether oxygens (including phenoxy) is 1. The number of anilines is 1. The largest absolute Gasteiger partial charge is 0.466 e. The van der Waals surface area contributed by atoms with Crippen LogP contribution >= 0.6 is 7.26 Å². The standard InChI is InChI=1S/C30H27N2O5P/c1-2-37-30(34)21-29(33)31-28-19-18-24(32(35)36)20-23(28)22-38(25-12-6-3-7-13-25,26-14-8-4-9-15-26)27-16-10-5-11-17-27/h3-20H,2,21-22H2,1H3/p+1. The van der Waals surface area contributed by atoms with Crippen LogP contribution in [0.1, 0.15) is 18.9 Å². The Morgan fingerprint density at radius 3 is 1.76 bits per heavy atom. The molecule has 4 rings (SSSR count). The van der Waals surface area contributed by atoms with E-state index in [1.807, 2.05) is 54.6 Å². The van der Waals surface area contributed by atoms with Crippen molar-refractivity contribution in [2.45, 2.75) is 19.5 Å². The first-order valence-electron chi connectivity index (χ1n) is 12.2. The summed E-state index contributed by atoms with van der Waals surface area (Å²) < 4.78 is 4.90. The molecule has 0 aliphatic rings. The van der Waals surface area contributed by atoms with Gasteiger partial charge in [0.25, 0.3) is 5.69 Å². The molecule has 0 aliphatic carbocycles. The first kappa shape index (κ1) is 26.7. The zero-order valence-electron chi connectivity index (χ0n) is 20.9. The summed E-state index contributed by atoms with van der Waals surface area (Å²) in [5.41, 5.74) is 0.967. The highest BCUT2D eigenvalue weighted by Crippen LogP contribution is 2.59. The summed E-state index contributed by atoms with van der Waals surface area (Å²) in [6.07, 6.45) is -0.0254. The molecule has 1 amide bonds. The molecule has 4 aromatic carbocycles. The van der Waals surface area contributed by atoms with Crippen LogP contribution < -0.4 is 21.2 Å². The number of nitrogens with zero attached hydrogens (tertiary/aromatic N) is 1. The molecule has 0 saturated carbocycles. The van der Waals surface area contributed by atoms with E-state index in [1.54, 1.807) is 6.92 Å². The van der Waals surface area contributed by atoms with E-state index >= 15 is 0 Å². The SMILES string of the molecule is CCOC(=O)CC(=O)Nc1ccc([N+](=O)[O-])cc1C[P+](c1ccccc1)(c1ccccc1)c1ccccc1. The normalized spacial score (nSPS) is 11.0. The molecule has 38 heavy (non-hydrogen) atoms. The lowest BCUT2D eigenvalue weighted by Crippen LogP contribution is -2.32. The van der Waals surface area contributed by atoms with Crippen molar-refractivity contribution in [2.75, 3.05) is 11.9 Å². The summed E-state index contributed by atoms with van der Waals surface area (Å²) in [6.45, 7) is 1.84. The molecular formula is C30H28N2O5P+. The molecule has 0 spiro atoms. The number of nitrogens with one attached hydrogen (secondary N) is 1. The molecule has 7 nitrogen and oxygen atoms in total. The average molecular weight is 528 g/mol. The maximum atomic E-state index is 12.7. The van der Waals surface area contributed by atoms with Gasteiger partial charge in [-0.25, -0.2) is 0 Å². The molecular weight excluding hydrogens is 499 g/mol. The van der Waals surface area contributed by atoms with Crippen molar-refractivity contribution in [2.24, 2.45) is 0 Å². The van der Waals surface area contributed by atoms with Gasteiger partial charge >= 0.3 is 5.97 Å². The highest BCUT2D eigenvalue weighted by molar-refractivity contribution is 7.95. The number of amides is 1. The van der Waals surface area contributed by atoms with E-state index < -0.39 is 30.5 Å². The predicted molar refractivity (Wildman–Crippen MR) is 152 cm³/mol. The van der Waals surface area contributed by atoms with E-state index in [-0.39, 0.29) is 12.3 Å². The summed E-state index contributed by atoms with van der Waals surface area (Å²) >= 11 is 0. The molecule has 0 heterocycles. The van der Waals surface area contributed by atoms with Gasteiger partial charge in [0, 0.05) is 23.4 Å². The van der Waals surface area contributed by atoms with Gasteiger partial charge in [0.05, 0.1) is 11.5 Å². The topological polar surface area (TPSA) is 98.5 Å². The summed E-state index contributed by atoms with van der Waals surface area (Å²) in [4.78, 5) is 35.9. The zero-order chi connectivity index (χ0) is 27.0. The Labute approximate surface area is 222 Å². The van der Waals surface area contributed by atoms with Gasteiger partial charge < -0.3 is 10.1 Å². The quantitative estimate of drug-likeness (QED) is 0.103. The zero-order valence-corrected chi connectivity index (χ0v) is 21.8. The number of carbonyl (C=O) groups is 2. The van der Waals surface area contributed by atoms with E-state index in [0.717, 1.165) is 15.9 Å². The predicted octanol–water partition coefficient (Wildman–Crippen LogP) is 4.98. The van der Waals surface area contributed by atoms with Crippen LogP contribution in [0, 0.1) is 10.1 Å². The van der Waals surface area contributed by atoms with Crippen LogP contribution in [-0.4, -0.2) is 23.4 Å². The third-order valence-electron chi connectivity index (χ3n) is 6.18. The molecule has 0 atom stereocenters. The fourth-order valence-corrected chi connectivity index (χ4v) is 8.77. The third-order valence-corrected chi connectivity index (χ3v) is 10.5. The highest BCUT2D eigenvalue weighted by atomic mass is 31.2. The summed E-state index contributed by atoms with van der Waals surface area (Å²) in [5, 5.41) is 17.9. The number of nitro benzene ring substituents is 1. The van der Waals surface area contributed by atoms with Crippen molar-refractivity contribution < 1.29 is 19.2 Å². The summed E-state index contributed by atoms with van der Waals surface area (Å²) in [6, 6.07) is 34.8. The Hall–Kier alpha value is -4.35.